The van der Waals surface area contributed by atoms with Crippen molar-refractivity contribution >= 4 is 24.3 Å². The van der Waals surface area contributed by atoms with E-state index in [2.05, 4.69) is 5.32 Å². The number of urea groups is 1. The molecule has 0 fully saturated rings. The molecule has 8 nitrogen and oxygen atoms in total. The summed E-state index contributed by atoms with van der Waals surface area (Å²) in [5.74, 6) is -2.48. The number of carbonyl (C=O) groups excluding carboxylic acids is 2. The van der Waals surface area contributed by atoms with Crippen LogP contribution < -0.4 is 10.6 Å². The van der Waals surface area contributed by atoms with Gasteiger partial charge in [0.05, 0.1) is 6.54 Å². The first kappa shape index (κ1) is 13.9. The van der Waals surface area contributed by atoms with Gasteiger partial charge >= 0.3 is 18.0 Å². The van der Waals surface area contributed by atoms with Gasteiger partial charge in [-0.25, -0.2) is 9.59 Å². The molecule has 0 aromatic rings. The number of carboxylic acids is 2. The Bertz CT molecular complexity index is 290. The molecule has 1 atom stereocenters. The lowest BCUT2D eigenvalue weighted by Crippen LogP contribution is -2.46. The van der Waals surface area contributed by atoms with Crippen molar-refractivity contribution < 1.29 is 29.4 Å². The molecule has 0 rings (SSSR count). The lowest BCUT2D eigenvalue weighted by Gasteiger charge is -2.13. The standard InChI is InChI=1S/C8H12N2O6/c11-4-3-9-8(16)10-5(7(14)15)1-2-6(12)13/h4-5H,1-3H2,(H,12,13)(H,14,15)(H2,9,10,16). The molecule has 1 unspecified atom stereocenters. The molecule has 16 heavy (non-hydrogen) atoms. The van der Waals surface area contributed by atoms with Crippen LogP contribution in [0.1, 0.15) is 12.8 Å². The van der Waals surface area contributed by atoms with E-state index < -0.39 is 24.0 Å². The molecule has 90 valence electrons. The molecule has 0 aliphatic rings. The summed E-state index contributed by atoms with van der Waals surface area (Å²) in [5, 5.41) is 21.1. The fourth-order valence-electron chi connectivity index (χ4n) is 0.869. The van der Waals surface area contributed by atoms with Crippen molar-refractivity contribution in [3.05, 3.63) is 0 Å². The molecule has 2 amide bonds. The number of aliphatic carboxylic acids is 2. The van der Waals surface area contributed by atoms with Crippen LogP contribution in [0.15, 0.2) is 0 Å². The van der Waals surface area contributed by atoms with Gasteiger partial charge in [-0.15, -0.1) is 0 Å². The highest BCUT2D eigenvalue weighted by Crippen LogP contribution is 1.97. The summed E-state index contributed by atoms with van der Waals surface area (Å²) >= 11 is 0. The fraction of sp³-hybridized carbons (Fsp3) is 0.500. The number of hydrogen-bond acceptors (Lipinski definition) is 4. The zero-order chi connectivity index (χ0) is 12.6. The minimum Gasteiger partial charge on any atom is -0.481 e. The second-order valence-corrected chi connectivity index (χ2v) is 2.84. The van der Waals surface area contributed by atoms with Crippen molar-refractivity contribution in [2.45, 2.75) is 18.9 Å². The van der Waals surface area contributed by atoms with E-state index in [0.717, 1.165) is 0 Å². The van der Waals surface area contributed by atoms with Gasteiger partial charge in [-0.3, -0.25) is 4.79 Å². The monoisotopic (exact) mass is 232 g/mol. The average molecular weight is 232 g/mol. The summed E-state index contributed by atoms with van der Waals surface area (Å²) in [7, 11) is 0. The number of amides is 2. The molecule has 0 spiro atoms. The topological polar surface area (TPSA) is 133 Å². The Hall–Kier alpha value is -2.12. The van der Waals surface area contributed by atoms with Gasteiger partial charge in [0.1, 0.15) is 12.3 Å². The molecule has 0 bridgehead atoms. The van der Waals surface area contributed by atoms with Crippen molar-refractivity contribution in [3.63, 3.8) is 0 Å². The Morgan fingerprint density at radius 1 is 1.25 bits per heavy atom. The highest BCUT2D eigenvalue weighted by molar-refractivity contribution is 5.83. The summed E-state index contributed by atoms with van der Waals surface area (Å²) in [6, 6.07) is -2.12. The highest BCUT2D eigenvalue weighted by atomic mass is 16.4. The number of rotatable bonds is 7. The van der Waals surface area contributed by atoms with Crippen LogP contribution in [0.5, 0.6) is 0 Å². The number of aldehydes is 1. The van der Waals surface area contributed by atoms with Crippen LogP contribution >= 0.6 is 0 Å². The zero-order valence-electron chi connectivity index (χ0n) is 8.30. The number of hydrogen-bond donors (Lipinski definition) is 4. The van der Waals surface area contributed by atoms with E-state index in [1.165, 1.54) is 0 Å². The molecule has 0 aromatic carbocycles. The van der Waals surface area contributed by atoms with Crippen LogP contribution in [-0.4, -0.2) is 47.1 Å². The summed E-state index contributed by atoms with van der Waals surface area (Å²) in [6.45, 7) is -0.239. The Kier molecular flexibility index (Phi) is 6.25. The van der Waals surface area contributed by atoms with E-state index in [1.54, 1.807) is 0 Å². The Morgan fingerprint density at radius 3 is 2.31 bits per heavy atom. The van der Waals surface area contributed by atoms with Crippen LogP contribution in [0.2, 0.25) is 0 Å². The van der Waals surface area contributed by atoms with Crippen LogP contribution in [0.3, 0.4) is 0 Å². The summed E-state index contributed by atoms with van der Waals surface area (Å²) in [6.07, 6.45) is -0.156. The van der Waals surface area contributed by atoms with Crippen LogP contribution in [-0.2, 0) is 14.4 Å². The number of carbonyl (C=O) groups is 4. The Balaban J connectivity index is 4.11. The minimum absolute atomic E-state index is 0.223. The van der Waals surface area contributed by atoms with Crippen molar-refractivity contribution in [2.24, 2.45) is 0 Å². The maximum atomic E-state index is 11.0. The highest BCUT2D eigenvalue weighted by Gasteiger charge is 2.20. The fourth-order valence-corrected chi connectivity index (χ4v) is 0.869. The average Bonchev–Trinajstić information content (AvgIpc) is 2.20. The molecular formula is C8H12N2O6. The van der Waals surface area contributed by atoms with Gasteiger partial charge in [0, 0.05) is 6.42 Å². The molecule has 0 aromatic heterocycles. The van der Waals surface area contributed by atoms with Crippen molar-refractivity contribution in [1.29, 1.82) is 0 Å². The van der Waals surface area contributed by atoms with Crippen molar-refractivity contribution in [1.82, 2.24) is 10.6 Å². The Morgan fingerprint density at radius 2 is 1.88 bits per heavy atom. The maximum Gasteiger partial charge on any atom is 0.326 e. The van der Waals surface area contributed by atoms with Gasteiger partial charge in [-0.05, 0) is 6.42 Å². The van der Waals surface area contributed by atoms with Gasteiger partial charge in [0.15, 0.2) is 0 Å². The number of nitrogens with one attached hydrogen (secondary N) is 2. The SMILES string of the molecule is O=CCNC(=O)NC(CCC(=O)O)C(=O)O. The molecule has 0 heterocycles. The molecule has 0 saturated heterocycles. The third-order valence-electron chi connectivity index (χ3n) is 1.60. The summed E-state index contributed by atoms with van der Waals surface area (Å²) < 4.78 is 0. The largest absolute Gasteiger partial charge is 0.481 e. The van der Waals surface area contributed by atoms with Gasteiger partial charge in [-0.1, -0.05) is 0 Å². The zero-order valence-corrected chi connectivity index (χ0v) is 8.30. The van der Waals surface area contributed by atoms with E-state index in [1.807, 2.05) is 5.32 Å². The molecule has 8 heteroatoms. The lowest BCUT2D eigenvalue weighted by atomic mass is 10.1. The lowest BCUT2D eigenvalue weighted by molar-refractivity contribution is -0.140. The quantitative estimate of drug-likeness (QED) is 0.407. The first-order valence-corrected chi connectivity index (χ1v) is 4.40. The van der Waals surface area contributed by atoms with Crippen molar-refractivity contribution in [3.8, 4) is 0 Å². The normalized spacial score (nSPS) is 11.2. The third-order valence-corrected chi connectivity index (χ3v) is 1.60. The van der Waals surface area contributed by atoms with E-state index in [-0.39, 0.29) is 19.4 Å². The molecule has 4 N–H and O–H groups in total. The van der Waals surface area contributed by atoms with E-state index >= 15 is 0 Å². The second-order valence-electron chi connectivity index (χ2n) is 2.84. The first-order valence-electron chi connectivity index (χ1n) is 4.40. The van der Waals surface area contributed by atoms with E-state index in [0.29, 0.717) is 6.29 Å². The minimum atomic E-state index is -1.33. The second kappa shape index (κ2) is 7.21. The van der Waals surface area contributed by atoms with Crippen LogP contribution in [0.25, 0.3) is 0 Å². The molecule has 0 aliphatic heterocycles. The smallest absolute Gasteiger partial charge is 0.326 e. The molecule has 0 radical (unpaired) electrons. The maximum absolute atomic E-state index is 11.0. The third kappa shape index (κ3) is 6.35. The van der Waals surface area contributed by atoms with Crippen LogP contribution in [0, 0.1) is 0 Å². The van der Waals surface area contributed by atoms with Gasteiger partial charge < -0.3 is 25.6 Å². The molecular weight excluding hydrogens is 220 g/mol. The number of carboxylic acid groups (broad SMARTS) is 2. The van der Waals surface area contributed by atoms with Crippen molar-refractivity contribution in [2.75, 3.05) is 6.54 Å². The predicted molar refractivity (Wildman–Crippen MR) is 50.9 cm³/mol. The molecule has 0 saturated carbocycles. The van der Waals surface area contributed by atoms with Gasteiger partial charge in [0.25, 0.3) is 0 Å². The van der Waals surface area contributed by atoms with E-state index in [9.17, 15) is 19.2 Å². The summed E-state index contributed by atoms with van der Waals surface area (Å²) in [4.78, 5) is 41.7. The van der Waals surface area contributed by atoms with E-state index in [4.69, 9.17) is 10.2 Å². The molecule has 0 aliphatic carbocycles. The van der Waals surface area contributed by atoms with Gasteiger partial charge in [0.2, 0.25) is 0 Å². The van der Waals surface area contributed by atoms with Gasteiger partial charge in [-0.2, -0.15) is 0 Å². The summed E-state index contributed by atoms with van der Waals surface area (Å²) in [5.41, 5.74) is 0. The van der Waals surface area contributed by atoms with Crippen LogP contribution in [0.4, 0.5) is 4.79 Å². The first-order chi connectivity index (χ1) is 7.47. The predicted octanol–water partition coefficient (Wildman–Crippen LogP) is -1.20. The Labute approximate surface area is 90.6 Å².